The largest absolute Gasteiger partial charge is 0.393 e. The number of rotatable bonds is 4. The van der Waals surface area contributed by atoms with Gasteiger partial charge >= 0.3 is 0 Å². The Morgan fingerprint density at radius 3 is 2.69 bits per heavy atom. The highest BCUT2D eigenvalue weighted by molar-refractivity contribution is 5.05. The highest BCUT2D eigenvalue weighted by Gasteiger charge is 2.10. The van der Waals surface area contributed by atoms with Gasteiger partial charge in [0, 0.05) is 0 Å². The molecule has 0 aromatic heterocycles. The first-order valence-corrected chi connectivity index (χ1v) is 5.54. The first-order chi connectivity index (χ1) is 6.18. The zero-order chi connectivity index (χ0) is 9.68. The molecule has 1 unspecified atom stereocenters. The second-order valence-corrected chi connectivity index (χ2v) is 4.50. The lowest BCUT2D eigenvalue weighted by molar-refractivity contribution is 0.163. The van der Waals surface area contributed by atoms with Gasteiger partial charge in [-0.3, -0.25) is 0 Å². The van der Waals surface area contributed by atoms with Gasteiger partial charge in [-0.25, -0.2) is 0 Å². The Kier molecular flexibility index (Phi) is 4.51. The Hall–Kier alpha value is -0.300. The van der Waals surface area contributed by atoms with Crippen LogP contribution in [0.25, 0.3) is 0 Å². The first kappa shape index (κ1) is 10.8. The summed E-state index contributed by atoms with van der Waals surface area (Å²) in [6, 6.07) is 0. The standard InChI is InChI=1S/C12H22O/c1-10(8-11(2)13)9-12-6-4-3-5-7-12/h6,10-11,13H,3-5,7-9H2,1-2H3/t10-,11?/m0/s1. The Bertz CT molecular complexity index is 170. The van der Waals surface area contributed by atoms with E-state index in [1.165, 1.54) is 32.1 Å². The lowest BCUT2D eigenvalue weighted by Crippen LogP contribution is -2.08. The van der Waals surface area contributed by atoms with Gasteiger partial charge in [0.2, 0.25) is 0 Å². The summed E-state index contributed by atoms with van der Waals surface area (Å²) in [5.74, 6) is 0.643. The molecule has 76 valence electrons. The number of hydrogen-bond acceptors (Lipinski definition) is 1. The van der Waals surface area contributed by atoms with Gasteiger partial charge in [0.1, 0.15) is 0 Å². The molecule has 13 heavy (non-hydrogen) atoms. The highest BCUT2D eigenvalue weighted by atomic mass is 16.3. The summed E-state index contributed by atoms with van der Waals surface area (Å²) >= 11 is 0. The summed E-state index contributed by atoms with van der Waals surface area (Å²) in [5, 5.41) is 9.23. The average molecular weight is 182 g/mol. The minimum atomic E-state index is -0.140. The first-order valence-electron chi connectivity index (χ1n) is 5.54. The zero-order valence-electron chi connectivity index (χ0n) is 8.92. The van der Waals surface area contributed by atoms with Crippen LogP contribution in [0.1, 0.15) is 52.4 Å². The molecule has 0 aromatic rings. The van der Waals surface area contributed by atoms with Crippen molar-refractivity contribution in [2.24, 2.45) is 5.92 Å². The fourth-order valence-electron chi connectivity index (χ4n) is 2.20. The van der Waals surface area contributed by atoms with Crippen molar-refractivity contribution in [3.8, 4) is 0 Å². The molecule has 0 saturated heterocycles. The molecule has 1 nitrogen and oxygen atoms in total. The summed E-state index contributed by atoms with van der Waals surface area (Å²) < 4.78 is 0. The van der Waals surface area contributed by atoms with Crippen molar-refractivity contribution in [3.05, 3.63) is 11.6 Å². The second kappa shape index (κ2) is 5.43. The molecule has 0 aromatic carbocycles. The molecule has 0 saturated carbocycles. The van der Waals surface area contributed by atoms with Gasteiger partial charge in [-0.15, -0.1) is 0 Å². The van der Waals surface area contributed by atoms with Crippen LogP contribution in [0.3, 0.4) is 0 Å². The summed E-state index contributed by atoms with van der Waals surface area (Å²) in [6.45, 7) is 4.12. The monoisotopic (exact) mass is 182 g/mol. The number of allylic oxidation sites excluding steroid dienone is 2. The van der Waals surface area contributed by atoms with E-state index in [2.05, 4.69) is 13.0 Å². The van der Waals surface area contributed by atoms with Gasteiger partial charge in [0.15, 0.2) is 0 Å². The van der Waals surface area contributed by atoms with Crippen molar-refractivity contribution in [1.82, 2.24) is 0 Å². The molecule has 0 bridgehead atoms. The molecule has 1 heteroatoms. The maximum Gasteiger partial charge on any atom is 0.0514 e. The molecule has 0 spiro atoms. The van der Waals surface area contributed by atoms with E-state index in [1.54, 1.807) is 5.57 Å². The Balaban J connectivity index is 2.26. The quantitative estimate of drug-likeness (QED) is 0.661. The van der Waals surface area contributed by atoms with Gasteiger partial charge in [0.05, 0.1) is 6.10 Å². The molecule has 0 heterocycles. The van der Waals surface area contributed by atoms with E-state index in [-0.39, 0.29) is 6.10 Å². The number of aliphatic hydroxyl groups excluding tert-OH is 1. The molecular formula is C12H22O. The molecular weight excluding hydrogens is 160 g/mol. The van der Waals surface area contributed by atoms with E-state index >= 15 is 0 Å². The molecule has 1 rings (SSSR count). The molecule has 1 aliphatic carbocycles. The van der Waals surface area contributed by atoms with Gasteiger partial charge in [-0.05, 0) is 51.4 Å². The normalized spacial score (nSPS) is 22.2. The maximum atomic E-state index is 9.23. The summed E-state index contributed by atoms with van der Waals surface area (Å²) in [7, 11) is 0. The highest BCUT2D eigenvalue weighted by Crippen LogP contribution is 2.25. The Morgan fingerprint density at radius 1 is 1.38 bits per heavy atom. The van der Waals surface area contributed by atoms with Crippen LogP contribution in [-0.2, 0) is 0 Å². The van der Waals surface area contributed by atoms with Gasteiger partial charge < -0.3 is 5.11 Å². The summed E-state index contributed by atoms with van der Waals surface area (Å²) in [4.78, 5) is 0. The number of hydrogen-bond donors (Lipinski definition) is 1. The predicted octanol–water partition coefficient (Wildman–Crippen LogP) is 3.28. The molecule has 1 N–H and O–H groups in total. The molecule has 0 aliphatic heterocycles. The Morgan fingerprint density at radius 2 is 2.15 bits per heavy atom. The maximum absolute atomic E-state index is 9.23. The molecule has 0 amide bonds. The average Bonchev–Trinajstić information content (AvgIpc) is 2.04. The minimum Gasteiger partial charge on any atom is -0.393 e. The fourth-order valence-corrected chi connectivity index (χ4v) is 2.20. The smallest absolute Gasteiger partial charge is 0.0514 e. The Labute approximate surface area is 81.9 Å². The molecule has 1 aliphatic rings. The van der Waals surface area contributed by atoms with E-state index in [4.69, 9.17) is 0 Å². The van der Waals surface area contributed by atoms with Crippen molar-refractivity contribution >= 4 is 0 Å². The molecule has 2 atom stereocenters. The van der Waals surface area contributed by atoms with Gasteiger partial charge in [-0.1, -0.05) is 18.6 Å². The lowest BCUT2D eigenvalue weighted by Gasteiger charge is -2.18. The molecule has 0 fully saturated rings. The van der Waals surface area contributed by atoms with E-state index in [1.807, 2.05) is 6.92 Å². The van der Waals surface area contributed by atoms with Crippen LogP contribution in [0.15, 0.2) is 11.6 Å². The van der Waals surface area contributed by atoms with Crippen LogP contribution < -0.4 is 0 Å². The fraction of sp³-hybridized carbons (Fsp3) is 0.833. The second-order valence-electron chi connectivity index (χ2n) is 4.50. The SMILES string of the molecule is CC(O)C[C@H](C)CC1=CCCCC1. The lowest BCUT2D eigenvalue weighted by atomic mass is 9.90. The van der Waals surface area contributed by atoms with Crippen molar-refractivity contribution in [1.29, 1.82) is 0 Å². The third-order valence-electron chi connectivity index (χ3n) is 2.74. The van der Waals surface area contributed by atoms with E-state index in [0.29, 0.717) is 5.92 Å². The van der Waals surface area contributed by atoms with Gasteiger partial charge in [0.25, 0.3) is 0 Å². The number of aliphatic hydroxyl groups is 1. The van der Waals surface area contributed by atoms with Crippen molar-refractivity contribution in [2.75, 3.05) is 0 Å². The van der Waals surface area contributed by atoms with Gasteiger partial charge in [-0.2, -0.15) is 0 Å². The van der Waals surface area contributed by atoms with E-state index in [0.717, 1.165) is 6.42 Å². The van der Waals surface area contributed by atoms with Crippen LogP contribution in [0.4, 0.5) is 0 Å². The minimum absolute atomic E-state index is 0.140. The molecule has 0 radical (unpaired) electrons. The van der Waals surface area contributed by atoms with E-state index in [9.17, 15) is 5.11 Å². The van der Waals surface area contributed by atoms with Crippen molar-refractivity contribution in [3.63, 3.8) is 0 Å². The third-order valence-corrected chi connectivity index (χ3v) is 2.74. The van der Waals surface area contributed by atoms with Crippen LogP contribution in [0.5, 0.6) is 0 Å². The third kappa shape index (κ3) is 4.47. The van der Waals surface area contributed by atoms with Crippen LogP contribution in [0.2, 0.25) is 0 Å². The summed E-state index contributed by atoms with van der Waals surface area (Å²) in [6.07, 6.45) is 9.71. The summed E-state index contributed by atoms with van der Waals surface area (Å²) in [5.41, 5.74) is 1.62. The topological polar surface area (TPSA) is 20.2 Å². The van der Waals surface area contributed by atoms with E-state index < -0.39 is 0 Å². The van der Waals surface area contributed by atoms with Crippen LogP contribution in [0, 0.1) is 5.92 Å². The van der Waals surface area contributed by atoms with Crippen LogP contribution in [-0.4, -0.2) is 11.2 Å². The zero-order valence-corrected chi connectivity index (χ0v) is 8.92. The van der Waals surface area contributed by atoms with Crippen LogP contribution >= 0.6 is 0 Å². The predicted molar refractivity (Wildman–Crippen MR) is 56.6 cm³/mol. The van der Waals surface area contributed by atoms with Crippen molar-refractivity contribution in [2.45, 2.75) is 58.5 Å². The van der Waals surface area contributed by atoms with Crippen molar-refractivity contribution < 1.29 is 5.11 Å².